The summed E-state index contributed by atoms with van der Waals surface area (Å²) >= 11 is 11.7. The summed E-state index contributed by atoms with van der Waals surface area (Å²) in [5, 5.41) is 3.22. The topological polar surface area (TPSA) is 51.1 Å². The third-order valence-electron chi connectivity index (χ3n) is 3.80. The van der Waals surface area contributed by atoms with Gasteiger partial charge in [-0.05, 0) is 43.3 Å². The molecule has 0 aliphatic rings. The molecule has 0 radical (unpaired) electrons. The van der Waals surface area contributed by atoms with Crippen LogP contribution in [0.2, 0.25) is 10.0 Å². The molecular weight excluding hydrogens is 366 g/mol. The third kappa shape index (κ3) is 3.38. The fourth-order valence-electron chi connectivity index (χ4n) is 2.57. The number of halogens is 3. The Labute approximate surface area is 152 Å². The summed E-state index contributed by atoms with van der Waals surface area (Å²) in [5.74, 6) is -1.19. The summed E-state index contributed by atoms with van der Waals surface area (Å²) in [4.78, 5) is 25.2. The number of carbonyl (C=O) groups is 1. The van der Waals surface area contributed by atoms with Crippen molar-refractivity contribution in [3.63, 3.8) is 0 Å². The van der Waals surface area contributed by atoms with E-state index in [0.717, 1.165) is 6.07 Å². The molecule has 0 unspecified atom stereocenters. The Morgan fingerprint density at radius 1 is 1.20 bits per heavy atom. The van der Waals surface area contributed by atoms with Crippen LogP contribution in [-0.4, -0.2) is 10.5 Å². The summed E-state index contributed by atoms with van der Waals surface area (Å²) in [6.07, 6.45) is 1.50. The number of nitrogens with one attached hydrogen (secondary N) is 1. The van der Waals surface area contributed by atoms with Gasteiger partial charge in [0.1, 0.15) is 11.4 Å². The first-order valence-corrected chi connectivity index (χ1v) is 8.25. The summed E-state index contributed by atoms with van der Waals surface area (Å²) < 4.78 is 15.0. The Morgan fingerprint density at radius 2 is 1.96 bits per heavy atom. The number of pyridine rings is 1. The average Bonchev–Trinajstić information content (AvgIpc) is 2.59. The van der Waals surface area contributed by atoms with Crippen molar-refractivity contribution in [1.82, 2.24) is 4.57 Å². The van der Waals surface area contributed by atoms with E-state index in [2.05, 4.69) is 5.32 Å². The van der Waals surface area contributed by atoms with Crippen LogP contribution in [0.1, 0.15) is 17.3 Å². The summed E-state index contributed by atoms with van der Waals surface area (Å²) in [6.45, 7) is 2.47. The van der Waals surface area contributed by atoms with E-state index in [1.165, 1.54) is 24.4 Å². The lowest BCUT2D eigenvalue weighted by molar-refractivity contribution is 0.102. The number of benzene rings is 2. The van der Waals surface area contributed by atoms with Crippen LogP contribution in [-0.2, 0) is 6.54 Å². The molecule has 3 rings (SSSR count). The van der Waals surface area contributed by atoms with Gasteiger partial charge in [0.25, 0.3) is 5.91 Å². The highest BCUT2D eigenvalue weighted by Crippen LogP contribution is 2.21. The number of hydrogen-bond donors (Lipinski definition) is 1. The second kappa shape index (κ2) is 6.86. The van der Waals surface area contributed by atoms with Crippen LogP contribution < -0.4 is 10.7 Å². The normalized spacial score (nSPS) is 10.9. The van der Waals surface area contributed by atoms with Gasteiger partial charge in [0, 0.05) is 28.8 Å². The van der Waals surface area contributed by atoms with Crippen LogP contribution in [0.3, 0.4) is 0 Å². The van der Waals surface area contributed by atoms with E-state index < -0.39 is 17.2 Å². The molecule has 1 aromatic heterocycles. The van der Waals surface area contributed by atoms with E-state index in [1.54, 1.807) is 16.7 Å². The molecule has 128 valence electrons. The van der Waals surface area contributed by atoms with Gasteiger partial charge in [-0.3, -0.25) is 9.59 Å². The van der Waals surface area contributed by atoms with Crippen LogP contribution in [0.25, 0.3) is 10.9 Å². The average molecular weight is 379 g/mol. The quantitative estimate of drug-likeness (QED) is 0.716. The van der Waals surface area contributed by atoms with Crippen LogP contribution >= 0.6 is 23.2 Å². The summed E-state index contributed by atoms with van der Waals surface area (Å²) in [6, 6.07) is 8.76. The van der Waals surface area contributed by atoms with Crippen LogP contribution in [0.5, 0.6) is 0 Å². The lowest BCUT2D eigenvalue weighted by atomic mass is 10.1. The van der Waals surface area contributed by atoms with Crippen molar-refractivity contribution in [1.29, 1.82) is 0 Å². The van der Waals surface area contributed by atoms with Crippen molar-refractivity contribution in [2.75, 3.05) is 5.32 Å². The van der Waals surface area contributed by atoms with Crippen molar-refractivity contribution in [3.05, 3.63) is 74.2 Å². The largest absolute Gasteiger partial charge is 0.347 e. The number of aromatic nitrogens is 1. The highest BCUT2D eigenvalue weighted by Gasteiger charge is 2.16. The monoisotopic (exact) mass is 378 g/mol. The van der Waals surface area contributed by atoms with Gasteiger partial charge in [0.2, 0.25) is 5.43 Å². The number of anilines is 1. The van der Waals surface area contributed by atoms with E-state index in [4.69, 9.17) is 23.2 Å². The van der Waals surface area contributed by atoms with E-state index in [0.29, 0.717) is 28.2 Å². The van der Waals surface area contributed by atoms with E-state index in [9.17, 15) is 14.0 Å². The molecule has 0 spiro atoms. The van der Waals surface area contributed by atoms with Gasteiger partial charge < -0.3 is 9.88 Å². The first-order chi connectivity index (χ1) is 11.9. The first kappa shape index (κ1) is 17.5. The minimum Gasteiger partial charge on any atom is -0.347 e. The molecule has 0 bridgehead atoms. The van der Waals surface area contributed by atoms with Crippen molar-refractivity contribution in [2.45, 2.75) is 13.5 Å². The molecule has 0 aliphatic carbocycles. The predicted molar refractivity (Wildman–Crippen MR) is 98.3 cm³/mol. The maximum atomic E-state index is 13.2. The Balaban J connectivity index is 2.08. The molecule has 0 aliphatic heterocycles. The molecule has 25 heavy (non-hydrogen) atoms. The smallest absolute Gasteiger partial charge is 0.261 e. The molecule has 1 heterocycles. The van der Waals surface area contributed by atoms with Gasteiger partial charge in [-0.2, -0.15) is 0 Å². The Hall–Kier alpha value is -2.37. The van der Waals surface area contributed by atoms with Crippen molar-refractivity contribution < 1.29 is 9.18 Å². The molecule has 0 saturated carbocycles. The van der Waals surface area contributed by atoms with Crippen LogP contribution in [0.4, 0.5) is 10.1 Å². The van der Waals surface area contributed by atoms with Gasteiger partial charge in [-0.1, -0.05) is 23.2 Å². The van der Waals surface area contributed by atoms with Gasteiger partial charge in [-0.15, -0.1) is 0 Å². The second-order valence-electron chi connectivity index (χ2n) is 5.40. The lowest BCUT2D eigenvalue weighted by Gasteiger charge is -2.12. The number of hydrogen-bond acceptors (Lipinski definition) is 2. The molecular formula is C18H13Cl2FN2O2. The SMILES string of the molecule is CCn1cc(C(=O)Nc2ccc(F)c(Cl)c2)c(=O)c2cc(Cl)ccc21. The standard InChI is InChI=1S/C18H13Cl2FN2O2/c1-2-23-9-13(17(24)12-7-10(19)3-6-16(12)23)18(25)22-11-4-5-15(21)14(20)8-11/h3-9H,2H2,1H3,(H,22,25). The number of rotatable bonds is 3. The molecule has 0 atom stereocenters. The number of carbonyl (C=O) groups excluding carboxylic acids is 1. The Morgan fingerprint density at radius 3 is 2.64 bits per heavy atom. The zero-order chi connectivity index (χ0) is 18.1. The molecule has 1 amide bonds. The zero-order valence-electron chi connectivity index (χ0n) is 13.1. The van der Waals surface area contributed by atoms with E-state index in [1.807, 2.05) is 6.92 Å². The van der Waals surface area contributed by atoms with Crippen molar-refractivity contribution in [2.24, 2.45) is 0 Å². The summed E-state index contributed by atoms with van der Waals surface area (Å²) in [5.41, 5.74) is 0.535. The van der Waals surface area contributed by atoms with Crippen LogP contribution in [0, 0.1) is 5.82 Å². The van der Waals surface area contributed by atoms with Crippen LogP contribution in [0.15, 0.2) is 47.4 Å². The van der Waals surface area contributed by atoms with E-state index >= 15 is 0 Å². The molecule has 4 nitrogen and oxygen atoms in total. The molecule has 0 fully saturated rings. The molecule has 2 aromatic carbocycles. The number of aryl methyl sites for hydroxylation is 1. The molecule has 7 heteroatoms. The van der Waals surface area contributed by atoms with Gasteiger partial charge in [-0.25, -0.2) is 4.39 Å². The minimum absolute atomic E-state index is 0.0305. The highest BCUT2D eigenvalue weighted by atomic mass is 35.5. The summed E-state index contributed by atoms with van der Waals surface area (Å²) in [7, 11) is 0. The second-order valence-corrected chi connectivity index (χ2v) is 6.25. The van der Waals surface area contributed by atoms with Gasteiger partial charge in [0.15, 0.2) is 0 Å². The Kier molecular flexibility index (Phi) is 4.79. The van der Waals surface area contributed by atoms with E-state index in [-0.39, 0.29) is 10.6 Å². The number of amides is 1. The Bertz CT molecular complexity index is 1050. The van der Waals surface area contributed by atoms with Crippen molar-refractivity contribution in [3.8, 4) is 0 Å². The number of nitrogens with zero attached hydrogens (tertiary/aromatic N) is 1. The maximum Gasteiger partial charge on any atom is 0.261 e. The molecule has 1 N–H and O–H groups in total. The number of fused-ring (bicyclic) bond motifs is 1. The highest BCUT2D eigenvalue weighted by molar-refractivity contribution is 6.31. The first-order valence-electron chi connectivity index (χ1n) is 7.50. The fourth-order valence-corrected chi connectivity index (χ4v) is 2.92. The molecule has 3 aromatic rings. The minimum atomic E-state index is -0.600. The van der Waals surface area contributed by atoms with Crippen molar-refractivity contribution >= 4 is 45.7 Å². The van der Waals surface area contributed by atoms with Gasteiger partial charge >= 0.3 is 0 Å². The lowest BCUT2D eigenvalue weighted by Crippen LogP contribution is -2.23. The predicted octanol–water partition coefficient (Wildman–Crippen LogP) is 4.72. The van der Waals surface area contributed by atoms with Gasteiger partial charge in [0.05, 0.1) is 10.5 Å². The fraction of sp³-hybridized carbons (Fsp3) is 0.111. The zero-order valence-corrected chi connectivity index (χ0v) is 14.7. The maximum absolute atomic E-state index is 13.2. The third-order valence-corrected chi connectivity index (χ3v) is 4.33. The molecule has 0 saturated heterocycles.